The highest BCUT2D eigenvalue weighted by atomic mass is 32.2. The van der Waals surface area contributed by atoms with Gasteiger partial charge in [-0.05, 0) is 31.0 Å². The lowest BCUT2D eigenvalue weighted by atomic mass is 10.1. The molecule has 1 aliphatic rings. The third-order valence-electron chi connectivity index (χ3n) is 2.72. The Morgan fingerprint density at radius 3 is 3.20 bits per heavy atom. The van der Waals surface area contributed by atoms with Crippen LogP contribution in [0.4, 0.5) is 0 Å². The summed E-state index contributed by atoms with van der Waals surface area (Å²) in [5.41, 5.74) is 1.33. The van der Waals surface area contributed by atoms with Gasteiger partial charge in [-0.15, -0.1) is 0 Å². The monoisotopic (exact) mass is 222 g/mol. The van der Waals surface area contributed by atoms with E-state index < -0.39 is 0 Å². The molecule has 3 heteroatoms. The lowest BCUT2D eigenvalue weighted by Crippen LogP contribution is -2.35. The number of hydrogen-bond donors (Lipinski definition) is 1. The van der Waals surface area contributed by atoms with Gasteiger partial charge in [0.25, 0.3) is 0 Å². The van der Waals surface area contributed by atoms with E-state index in [1.54, 1.807) is 0 Å². The minimum Gasteiger partial charge on any atom is -0.313 e. The quantitative estimate of drug-likeness (QED) is 0.847. The molecular weight excluding hydrogens is 204 g/mol. The normalized spacial score (nSPS) is 21.5. The van der Waals surface area contributed by atoms with Crippen molar-refractivity contribution in [2.75, 3.05) is 12.3 Å². The minimum atomic E-state index is 0.737. The van der Waals surface area contributed by atoms with Gasteiger partial charge < -0.3 is 5.32 Å². The Bertz CT molecular complexity index is 270. The summed E-state index contributed by atoms with van der Waals surface area (Å²) < 4.78 is 0. The van der Waals surface area contributed by atoms with Crippen LogP contribution in [0.15, 0.2) is 24.5 Å². The van der Waals surface area contributed by atoms with Crippen LogP contribution in [0, 0.1) is 0 Å². The molecule has 1 fully saturated rings. The summed E-state index contributed by atoms with van der Waals surface area (Å²) in [5.74, 6) is 2.32. The van der Waals surface area contributed by atoms with Gasteiger partial charge in [0, 0.05) is 29.9 Å². The standard InChI is InChI=1S/C12H18N2S/c1-2-7-14-12(5-1)10-15-9-11-4-3-6-13-8-11/h3-4,6,8,12,14H,1-2,5,7,9-10H2. The highest BCUT2D eigenvalue weighted by Crippen LogP contribution is 2.16. The first-order valence-corrected chi connectivity index (χ1v) is 6.80. The van der Waals surface area contributed by atoms with E-state index in [0.717, 1.165) is 11.8 Å². The maximum absolute atomic E-state index is 4.12. The van der Waals surface area contributed by atoms with Crippen LogP contribution >= 0.6 is 11.8 Å². The van der Waals surface area contributed by atoms with Gasteiger partial charge >= 0.3 is 0 Å². The van der Waals surface area contributed by atoms with Crippen LogP contribution in [-0.2, 0) is 5.75 Å². The average molecular weight is 222 g/mol. The van der Waals surface area contributed by atoms with Crippen molar-refractivity contribution in [1.29, 1.82) is 0 Å². The lowest BCUT2D eigenvalue weighted by Gasteiger charge is -2.22. The molecule has 15 heavy (non-hydrogen) atoms. The predicted octanol–water partition coefficient (Wildman–Crippen LogP) is 2.46. The van der Waals surface area contributed by atoms with Crippen molar-refractivity contribution >= 4 is 11.8 Å². The highest BCUT2D eigenvalue weighted by molar-refractivity contribution is 7.98. The van der Waals surface area contributed by atoms with Gasteiger partial charge in [0.05, 0.1) is 0 Å². The Labute approximate surface area is 95.9 Å². The zero-order chi connectivity index (χ0) is 10.3. The molecule has 1 aromatic rings. The fourth-order valence-electron chi connectivity index (χ4n) is 1.87. The van der Waals surface area contributed by atoms with E-state index in [1.165, 1.54) is 37.1 Å². The summed E-state index contributed by atoms with van der Waals surface area (Å²) in [5, 5.41) is 3.57. The minimum absolute atomic E-state index is 0.737. The highest BCUT2D eigenvalue weighted by Gasteiger charge is 2.11. The number of piperidine rings is 1. The second kappa shape index (κ2) is 6.13. The van der Waals surface area contributed by atoms with E-state index in [4.69, 9.17) is 0 Å². The van der Waals surface area contributed by atoms with Crippen LogP contribution in [0.5, 0.6) is 0 Å². The van der Waals surface area contributed by atoms with E-state index in [-0.39, 0.29) is 0 Å². The Hall–Kier alpha value is -0.540. The number of pyridine rings is 1. The molecule has 0 radical (unpaired) electrons. The molecule has 82 valence electrons. The van der Waals surface area contributed by atoms with Crippen LogP contribution in [0.3, 0.4) is 0 Å². The number of nitrogens with zero attached hydrogens (tertiary/aromatic N) is 1. The molecule has 0 aliphatic carbocycles. The van der Waals surface area contributed by atoms with Crippen LogP contribution in [-0.4, -0.2) is 23.3 Å². The van der Waals surface area contributed by atoms with Gasteiger partial charge in [0.1, 0.15) is 0 Å². The lowest BCUT2D eigenvalue weighted by molar-refractivity contribution is 0.430. The number of hydrogen-bond acceptors (Lipinski definition) is 3. The van der Waals surface area contributed by atoms with Crippen LogP contribution in [0.2, 0.25) is 0 Å². The second-order valence-electron chi connectivity index (χ2n) is 4.02. The number of rotatable bonds is 4. The van der Waals surface area contributed by atoms with Gasteiger partial charge in [-0.25, -0.2) is 0 Å². The Kier molecular flexibility index (Phi) is 4.48. The average Bonchev–Trinajstić information content (AvgIpc) is 2.32. The topological polar surface area (TPSA) is 24.9 Å². The van der Waals surface area contributed by atoms with Gasteiger partial charge in [0.2, 0.25) is 0 Å². The van der Waals surface area contributed by atoms with Gasteiger partial charge in [-0.2, -0.15) is 11.8 Å². The zero-order valence-electron chi connectivity index (χ0n) is 8.98. The van der Waals surface area contributed by atoms with Crippen LogP contribution in [0.25, 0.3) is 0 Å². The fraction of sp³-hybridized carbons (Fsp3) is 0.583. The number of aromatic nitrogens is 1. The van der Waals surface area contributed by atoms with Crippen LogP contribution < -0.4 is 5.32 Å². The van der Waals surface area contributed by atoms with E-state index in [2.05, 4.69) is 16.4 Å². The first-order valence-electron chi connectivity index (χ1n) is 5.65. The van der Waals surface area contributed by atoms with Gasteiger partial charge in [0.15, 0.2) is 0 Å². The molecule has 1 N–H and O–H groups in total. The third kappa shape index (κ3) is 3.84. The van der Waals surface area contributed by atoms with Gasteiger partial charge in [-0.1, -0.05) is 12.5 Å². The van der Waals surface area contributed by atoms with Gasteiger partial charge in [-0.3, -0.25) is 4.98 Å². The zero-order valence-corrected chi connectivity index (χ0v) is 9.80. The van der Waals surface area contributed by atoms with Crippen molar-refractivity contribution in [1.82, 2.24) is 10.3 Å². The molecule has 1 aromatic heterocycles. The van der Waals surface area contributed by atoms with E-state index in [0.29, 0.717) is 0 Å². The number of thioether (sulfide) groups is 1. The molecule has 0 saturated carbocycles. The van der Waals surface area contributed by atoms with E-state index in [1.807, 2.05) is 30.2 Å². The molecule has 0 bridgehead atoms. The molecule has 1 aliphatic heterocycles. The maximum Gasteiger partial charge on any atom is 0.0308 e. The molecule has 2 heterocycles. The second-order valence-corrected chi connectivity index (χ2v) is 5.05. The molecule has 2 nitrogen and oxygen atoms in total. The SMILES string of the molecule is c1cncc(CSCC2CCCCN2)c1. The summed E-state index contributed by atoms with van der Waals surface area (Å²) in [6.45, 7) is 1.21. The molecule has 1 atom stereocenters. The Morgan fingerprint density at radius 2 is 2.47 bits per heavy atom. The summed E-state index contributed by atoms with van der Waals surface area (Å²) in [4.78, 5) is 4.12. The maximum atomic E-state index is 4.12. The Balaban J connectivity index is 1.66. The molecule has 0 aromatic carbocycles. The first kappa shape index (κ1) is 11.0. The van der Waals surface area contributed by atoms with E-state index in [9.17, 15) is 0 Å². The molecule has 1 saturated heterocycles. The van der Waals surface area contributed by atoms with Crippen molar-refractivity contribution in [3.63, 3.8) is 0 Å². The third-order valence-corrected chi connectivity index (χ3v) is 3.90. The van der Waals surface area contributed by atoms with Crippen molar-refractivity contribution in [2.45, 2.75) is 31.1 Å². The molecule has 0 spiro atoms. The van der Waals surface area contributed by atoms with Crippen LogP contribution in [0.1, 0.15) is 24.8 Å². The Morgan fingerprint density at radius 1 is 1.47 bits per heavy atom. The summed E-state index contributed by atoms with van der Waals surface area (Å²) in [6, 6.07) is 4.89. The van der Waals surface area contributed by atoms with Crippen molar-refractivity contribution in [3.05, 3.63) is 30.1 Å². The van der Waals surface area contributed by atoms with E-state index >= 15 is 0 Å². The molecule has 2 rings (SSSR count). The van der Waals surface area contributed by atoms with Crippen molar-refractivity contribution < 1.29 is 0 Å². The van der Waals surface area contributed by atoms with Crippen molar-refractivity contribution in [2.24, 2.45) is 0 Å². The number of nitrogens with one attached hydrogen (secondary N) is 1. The smallest absolute Gasteiger partial charge is 0.0308 e. The van der Waals surface area contributed by atoms with Crippen molar-refractivity contribution in [3.8, 4) is 0 Å². The molecular formula is C12H18N2S. The predicted molar refractivity (Wildman–Crippen MR) is 66.0 cm³/mol. The molecule has 0 amide bonds. The summed E-state index contributed by atoms with van der Waals surface area (Å²) >= 11 is 2.01. The first-order chi connectivity index (χ1) is 7.45. The summed E-state index contributed by atoms with van der Waals surface area (Å²) in [6.07, 6.45) is 7.88. The molecule has 1 unspecified atom stereocenters. The largest absolute Gasteiger partial charge is 0.313 e. The summed E-state index contributed by atoms with van der Waals surface area (Å²) in [7, 11) is 0. The fourth-order valence-corrected chi connectivity index (χ4v) is 2.96.